The standard InChI is InChI=1S/S18/c1-4-5-6-7-8-9-10-11-12-13-14-15-16-17-18(2)3. The molecule has 0 aliphatic carbocycles. The Balaban J connectivity index is 5.81. The molecule has 0 aromatic rings. The first-order chi connectivity index (χ1) is 8.77. The third-order valence-corrected chi connectivity index (χ3v) is 33.7. The Morgan fingerprint density at radius 3 is 1.17 bits per heavy atom. The van der Waals surface area contributed by atoms with Gasteiger partial charge in [0.25, 0.3) is 0 Å². The van der Waals surface area contributed by atoms with Gasteiger partial charge in [-0.2, -0.15) is 0 Å². The molecule has 0 saturated heterocycles. The van der Waals surface area contributed by atoms with E-state index in [1.54, 1.807) is 115 Å². The zero-order chi connectivity index (χ0) is 13.5. The second-order valence-electron chi connectivity index (χ2n) is 1.16. The van der Waals surface area contributed by atoms with Crippen molar-refractivity contribution in [1.82, 2.24) is 0 Å². The minimum absolute atomic E-state index is 0.364. The lowest BCUT2D eigenvalue weighted by Crippen LogP contribution is -1.41. The minimum atomic E-state index is -0.364. The van der Waals surface area contributed by atoms with Crippen molar-refractivity contribution >= 4 is 164 Å². The molecular formula is S18. The van der Waals surface area contributed by atoms with E-state index in [1.807, 2.05) is 0 Å². The van der Waals surface area contributed by atoms with Gasteiger partial charge in [0.2, 0.25) is 0 Å². The summed E-state index contributed by atoms with van der Waals surface area (Å²) < 4.78 is 0. The molecule has 0 unspecified atom stereocenters. The molecule has 0 spiro atoms. The van der Waals surface area contributed by atoms with Crippen molar-refractivity contribution in [2.24, 2.45) is 0 Å². The lowest BCUT2D eigenvalue weighted by atomic mass is 30.7. The van der Waals surface area contributed by atoms with Gasteiger partial charge in [0.15, 0.2) is 0 Å². The molecule has 0 aromatic carbocycles. The third-order valence-electron chi connectivity index (χ3n) is 0.417. The van der Waals surface area contributed by atoms with E-state index in [4.69, 9.17) is 33.6 Å². The summed E-state index contributed by atoms with van der Waals surface area (Å²) in [6, 6.07) is 0. The molecule has 18 heavy (non-hydrogen) atoms. The van der Waals surface area contributed by atoms with Crippen LogP contribution in [0.25, 0.3) is 0 Å². The van der Waals surface area contributed by atoms with Gasteiger partial charge >= 0.3 is 0 Å². The van der Waals surface area contributed by atoms with Crippen molar-refractivity contribution in [2.45, 2.75) is 0 Å². The average Bonchev–Trinajstić information content (AvgIpc) is 2.34. The van der Waals surface area contributed by atoms with Crippen LogP contribution in [-0.4, -0.2) is 0 Å². The van der Waals surface area contributed by atoms with Crippen LogP contribution in [0.3, 0.4) is 0 Å². The molecule has 0 aromatic heterocycles. The van der Waals surface area contributed by atoms with E-state index in [0.717, 1.165) is 0 Å². The predicted octanol–water partition coefficient (Wildman–Crippen LogP) is -0.0432. The van der Waals surface area contributed by atoms with Gasteiger partial charge in [0.05, 0.1) is 0 Å². The number of hydrogen-bond acceptors (Lipinski definition) is 3. The Kier molecular flexibility index (Phi) is 23.2. The monoisotopic (exact) mass is 575 g/mol. The summed E-state index contributed by atoms with van der Waals surface area (Å²) in [5, 5.41) is 0. The second-order valence-corrected chi connectivity index (χ2v) is 31.2. The Morgan fingerprint density at radius 1 is 0.500 bits per heavy atom. The molecule has 0 aliphatic heterocycles. The topological polar surface area (TPSA) is 0 Å². The number of rotatable bonds is 0. The Hall–Kier alpha value is 3.96. The largest absolute Gasteiger partial charge is 0 e. The molecule has 0 saturated carbocycles. The predicted molar refractivity (Wildman–Crippen MR) is 133 cm³/mol. The van der Waals surface area contributed by atoms with Gasteiger partial charge in [-0.1, -0.05) is 0 Å². The van der Waals surface area contributed by atoms with Crippen LogP contribution >= 0.6 is 0 Å². The van der Waals surface area contributed by atoms with Crippen molar-refractivity contribution in [3.05, 3.63) is 0 Å². The Bertz CT molecular complexity index is 944. The molecule has 18 heteroatoms. The summed E-state index contributed by atoms with van der Waals surface area (Å²) >= 11 is 14.5. The highest BCUT2D eigenvalue weighted by Crippen LogP contribution is 1.42. The van der Waals surface area contributed by atoms with E-state index in [2.05, 4.69) is 0 Å². The summed E-state index contributed by atoms with van der Waals surface area (Å²) in [6.45, 7) is -0.364. The van der Waals surface area contributed by atoms with Gasteiger partial charge in [-0.3, -0.25) is 0 Å². The summed E-state index contributed by atoms with van der Waals surface area (Å²) in [5.74, 6) is 0. The molecule has 0 nitrogen and oxygen atoms in total. The zero-order valence-electron chi connectivity index (χ0n) is 7.35. The highest BCUT2D eigenvalue weighted by Gasteiger charge is 1.42. The molecule has 0 rings (SSSR count). The van der Waals surface area contributed by atoms with E-state index >= 15 is 0 Å². The van der Waals surface area contributed by atoms with Gasteiger partial charge in [-0.25, -0.2) is 0 Å². The van der Waals surface area contributed by atoms with Crippen LogP contribution in [0.2, 0.25) is 0 Å². The highest BCUT2D eigenvalue weighted by atomic mass is 33.5. The SMILES string of the molecule is S=S=S=S=S=S=S=S=S=S=S=S=S=S=S=S(=S)=S. The normalized spacial score (nSPS) is 7.56. The molecular weight excluding hydrogens is 577 g/mol. The van der Waals surface area contributed by atoms with Gasteiger partial charge in [-0.15, -0.1) is 0 Å². The van der Waals surface area contributed by atoms with Crippen molar-refractivity contribution in [1.29, 1.82) is 0 Å². The van der Waals surface area contributed by atoms with Crippen LogP contribution in [-0.2, 0) is 164 Å². The lowest BCUT2D eigenvalue weighted by molar-refractivity contribution is 5.96. The van der Waals surface area contributed by atoms with E-state index in [9.17, 15) is 0 Å². The fourth-order valence-corrected chi connectivity index (χ4v) is 38.6. The van der Waals surface area contributed by atoms with Gasteiger partial charge in [-0.05, 0) is 0 Å². The maximum Gasteiger partial charge on any atom is 0 e. The maximum atomic E-state index is 4.89. The Morgan fingerprint density at radius 2 is 0.833 bits per heavy atom. The van der Waals surface area contributed by atoms with Gasteiger partial charge in [0, 0.05) is 164 Å². The molecule has 0 amide bonds. The fraction of sp³-hybridized carbons (Fsp3) is 0. The first kappa shape index (κ1) is 22.0. The molecule has 0 N–H and O–H groups in total. The molecule has 0 heterocycles. The van der Waals surface area contributed by atoms with Crippen LogP contribution in [0.4, 0.5) is 0 Å². The van der Waals surface area contributed by atoms with Crippen molar-refractivity contribution in [2.75, 3.05) is 0 Å². The molecule has 0 fully saturated rings. The summed E-state index contributed by atoms with van der Waals surface area (Å²) in [7, 11) is 23.7. The average molecular weight is 577 g/mol. The van der Waals surface area contributed by atoms with E-state index < -0.39 is 0 Å². The van der Waals surface area contributed by atoms with Crippen molar-refractivity contribution < 1.29 is 0 Å². The molecule has 0 atom stereocenters. The van der Waals surface area contributed by atoms with Crippen LogP contribution < -0.4 is 0 Å². The molecule has 0 bridgehead atoms. The molecule has 0 aliphatic rings. The smallest absolute Gasteiger partial charge is 0 e. The van der Waals surface area contributed by atoms with Crippen LogP contribution in [0.1, 0.15) is 0 Å². The maximum absolute atomic E-state index is 4.89. The first-order valence-electron chi connectivity index (χ1n) is 2.83. The van der Waals surface area contributed by atoms with E-state index in [0.29, 0.717) is 0 Å². The van der Waals surface area contributed by atoms with Crippen molar-refractivity contribution in [3.8, 4) is 0 Å². The van der Waals surface area contributed by atoms with Crippen LogP contribution in [0.5, 0.6) is 0 Å². The number of hydrogen-bond donors (Lipinski definition) is 0. The summed E-state index contributed by atoms with van der Waals surface area (Å²) in [6.07, 6.45) is 0. The second kappa shape index (κ2) is 19.0. The first-order valence-corrected chi connectivity index (χ1v) is 25.5. The Labute approximate surface area is 160 Å². The molecule has 0 radical (unpaired) electrons. The third kappa shape index (κ3) is 20.0. The van der Waals surface area contributed by atoms with Gasteiger partial charge in [0.1, 0.15) is 0 Å². The zero-order valence-corrected chi connectivity index (χ0v) is 22.0. The van der Waals surface area contributed by atoms with Crippen LogP contribution in [0, 0.1) is 0 Å². The quantitative estimate of drug-likeness (QED) is 0.397. The van der Waals surface area contributed by atoms with Crippen LogP contribution in [0.15, 0.2) is 0 Å². The van der Waals surface area contributed by atoms with Gasteiger partial charge < -0.3 is 0 Å². The fourth-order valence-electron chi connectivity index (χ4n) is 0.159. The van der Waals surface area contributed by atoms with E-state index in [-0.39, 0.29) is 6.57 Å². The summed E-state index contributed by atoms with van der Waals surface area (Å²) in [4.78, 5) is 0. The summed E-state index contributed by atoms with van der Waals surface area (Å²) in [5.41, 5.74) is 0. The van der Waals surface area contributed by atoms with Crippen molar-refractivity contribution in [3.63, 3.8) is 0 Å². The minimum Gasteiger partial charge on any atom is 0 e. The lowest BCUT2D eigenvalue weighted by Gasteiger charge is -1.41. The highest BCUT2D eigenvalue weighted by molar-refractivity contribution is 8.79. The molecule has 108 valence electrons. The van der Waals surface area contributed by atoms with E-state index in [1.165, 1.54) is 8.88 Å².